The van der Waals surface area contributed by atoms with Gasteiger partial charge in [0, 0.05) is 17.8 Å². The molecule has 0 bridgehead atoms. The molecule has 0 saturated carbocycles. The molecule has 1 amide bonds. The highest BCUT2D eigenvalue weighted by atomic mass is 32.1. The van der Waals surface area contributed by atoms with Crippen molar-refractivity contribution in [1.29, 1.82) is 0 Å². The van der Waals surface area contributed by atoms with Gasteiger partial charge in [-0.15, -0.1) is 11.3 Å². The summed E-state index contributed by atoms with van der Waals surface area (Å²) in [6, 6.07) is 1.29. The summed E-state index contributed by atoms with van der Waals surface area (Å²) in [6.45, 7) is 1.84. The van der Waals surface area contributed by atoms with Crippen molar-refractivity contribution < 1.29 is 9.90 Å². The van der Waals surface area contributed by atoms with Crippen molar-refractivity contribution in [3.8, 4) is 5.75 Å². The molecule has 2 heterocycles. The van der Waals surface area contributed by atoms with E-state index < -0.39 is 0 Å². The lowest BCUT2D eigenvalue weighted by Crippen LogP contribution is -2.26. The molecule has 0 radical (unpaired) electrons. The molecule has 6 heteroatoms. The van der Waals surface area contributed by atoms with Gasteiger partial charge in [-0.3, -0.25) is 9.78 Å². The minimum atomic E-state index is -0.340. The van der Waals surface area contributed by atoms with Crippen LogP contribution < -0.4 is 5.32 Å². The van der Waals surface area contributed by atoms with E-state index in [1.165, 1.54) is 29.8 Å². The summed E-state index contributed by atoms with van der Waals surface area (Å²) >= 11 is 1.47. The topological polar surface area (TPSA) is 75.1 Å². The molecule has 88 valence electrons. The highest BCUT2D eigenvalue weighted by Gasteiger charge is 2.15. The fourth-order valence-corrected chi connectivity index (χ4v) is 2.01. The second-order valence-electron chi connectivity index (χ2n) is 3.46. The van der Waals surface area contributed by atoms with Gasteiger partial charge in [-0.1, -0.05) is 0 Å². The van der Waals surface area contributed by atoms with Crippen molar-refractivity contribution in [3.63, 3.8) is 0 Å². The van der Waals surface area contributed by atoms with Crippen LogP contribution in [0.25, 0.3) is 0 Å². The number of nitrogens with zero attached hydrogens (tertiary/aromatic N) is 2. The van der Waals surface area contributed by atoms with Gasteiger partial charge in [-0.2, -0.15) is 0 Å². The van der Waals surface area contributed by atoms with E-state index in [4.69, 9.17) is 0 Å². The molecule has 0 aromatic carbocycles. The molecule has 2 N–H and O–H groups in total. The number of aromatic hydroxyl groups is 1. The second kappa shape index (κ2) is 4.92. The zero-order chi connectivity index (χ0) is 12.3. The summed E-state index contributed by atoms with van der Waals surface area (Å²) in [5.41, 5.74) is 0.211. The number of rotatable bonds is 3. The number of carbonyl (C=O) groups excluding carboxylic acids is 1. The SMILES string of the molecule is CC(NC(=O)c1ccncc1O)c1nccs1. The van der Waals surface area contributed by atoms with Crippen LogP contribution >= 0.6 is 11.3 Å². The van der Waals surface area contributed by atoms with Crippen molar-refractivity contribution in [2.45, 2.75) is 13.0 Å². The molecule has 17 heavy (non-hydrogen) atoms. The molecular weight excluding hydrogens is 238 g/mol. The predicted octanol–water partition coefficient (Wildman–Crippen LogP) is 1.73. The Morgan fingerprint density at radius 3 is 3.00 bits per heavy atom. The molecule has 0 aliphatic carbocycles. The third-order valence-corrected chi connectivity index (χ3v) is 3.17. The Balaban J connectivity index is 2.10. The summed E-state index contributed by atoms with van der Waals surface area (Å²) in [5, 5.41) is 14.9. The zero-order valence-corrected chi connectivity index (χ0v) is 9.94. The van der Waals surface area contributed by atoms with Crippen LogP contribution in [0.15, 0.2) is 30.0 Å². The fraction of sp³-hybridized carbons (Fsp3) is 0.182. The van der Waals surface area contributed by atoms with Gasteiger partial charge >= 0.3 is 0 Å². The van der Waals surface area contributed by atoms with Crippen LogP contribution in [0.4, 0.5) is 0 Å². The number of amides is 1. The molecule has 1 atom stereocenters. The molecule has 0 aliphatic rings. The number of nitrogens with one attached hydrogen (secondary N) is 1. The number of pyridine rings is 1. The van der Waals surface area contributed by atoms with Crippen molar-refractivity contribution >= 4 is 17.2 Å². The first-order chi connectivity index (χ1) is 8.18. The lowest BCUT2D eigenvalue weighted by atomic mass is 10.2. The molecule has 0 aliphatic heterocycles. The maximum atomic E-state index is 11.8. The average Bonchev–Trinajstić information content (AvgIpc) is 2.82. The zero-order valence-electron chi connectivity index (χ0n) is 9.12. The van der Waals surface area contributed by atoms with E-state index in [1.807, 2.05) is 12.3 Å². The number of thiazole rings is 1. The van der Waals surface area contributed by atoms with E-state index in [9.17, 15) is 9.90 Å². The molecular formula is C11H11N3O2S. The van der Waals surface area contributed by atoms with E-state index in [-0.39, 0.29) is 23.3 Å². The number of aromatic nitrogens is 2. The Kier molecular flexibility index (Phi) is 3.34. The van der Waals surface area contributed by atoms with Crippen LogP contribution in [0, 0.1) is 0 Å². The second-order valence-corrected chi connectivity index (χ2v) is 4.38. The fourth-order valence-electron chi connectivity index (χ4n) is 1.36. The highest BCUT2D eigenvalue weighted by molar-refractivity contribution is 7.09. The molecule has 0 spiro atoms. The van der Waals surface area contributed by atoms with Gasteiger partial charge in [-0.05, 0) is 13.0 Å². The predicted molar refractivity (Wildman–Crippen MR) is 63.9 cm³/mol. The van der Waals surface area contributed by atoms with Gasteiger partial charge in [-0.25, -0.2) is 4.98 Å². The first kappa shape index (κ1) is 11.5. The largest absolute Gasteiger partial charge is 0.505 e. The summed E-state index contributed by atoms with van der Waals surface area (Å²) in [7, 11) is 0. The number of hydrogen-bond acceptors (Lipinski definition) is 5. The monoisotopic (exact) mass is 249 g/mol. The third-order valence-electron chi connectivity index (χ3n) is 2.21. The van der Waals surface area contributed by atoms with Gasteiger partial charge in [0.25, 0.3) is 5.91 Å². The number of hydrogen-bond donors (Lipinski definition) is 2. The first-order valence-electron chi connectivity index (χ1n) is 5.01. The molecule has 2 rings (SSSR count). The van der Waals surface area contributed by atoms with E-state index >= 15 is 0 Å². The Labute approximate surface area is 102 Å². The Hall–Kier alpha value is -1.95. The van der Waals surface area contributed by atoms with Crippen LogP contribution in [-0.2, 0) is 0 Å². The summed E-state index contributed by atoms with van der Waals surface area (Å²) in [5.74, 6) is -0.469. The van der Waals surface area contributed by atoms with Gasteiger partial charge in [0.15, 0.2) is 0 Å². The lowest BCUT2D eigenvalue weighted by molar-refractivity contribution is 0.0937. The smallest absolute Gasteiger partial charge is 0.255 e. The minimum absolute atomic E-state index is 0.128. The van der Waals surface area contributed by atoms with Gasteiger partial charge < -0.3 is 10.4 Å². The Morgan fingerprint density at radius 2 is 2.35 bits per heavy atom. The van der Waals surface area contributed by atoms with Crippen molar-refractivity contribution in [2.24, 2.45) is 0 Å². The Bertz CT molecular complexity index is 513. The van der Waals surface area contributed by atoms with Gasteiger partial charge in [0.05, 0.1) is 17.8 Å². The Morgan fingerprint density at radius 1 is 1.53 bits per heavy atom. The molecule has 1 unspecified atom stereocenters. The number of carbonyl (C=O) groups is 1. The maximum Gasteiger partial charge on any atom is 0.255 e. The molecule has 2 aromatic rings. The van der Waals surface area contributed by atoms with Crippen LogP contribution in [0.1, 0.15) is 28.3 Å². The summed E-state index contributed by atoms with van der Waals surface area (Å²) in [4.78, 5) is 19.7. The summed E-state index contributed by atoms with van der Waals surface area (Å²) < 4.78 is 0. The van der Waals surface area contributed by atoms with E-state index in [2.05, 4.69) is 15.3 Å². The maximum absolute atomic E-state index is 11.8. The van der Waals surface area contributed by atoms with Crippen LogP contribution in [-0.4, -0.2) is 21.0 Å². The average molecular weight is 249 g/mol. The quantitative estimate of drug-likeness (QED) is 0.868. The van der Waals surface area contributed by atoms with Crippen molar-refractivity contribution in [2.75, 3.05) is 0 Å². The van der Waals surface area contributed by atoms with E-state index in [0.717, 1.165) is 5.01 Å². The normalized spacial score (nSPS) is 12.1. The lowest BCUT2D eigenvalue weighted by Gasteiger charge is -2.11. The molecule has 0 saturated heterocycles. The van der Waals surface area contributed by atoms with Gasteiger partial charge in [0.1, 0.15) is 10.8 Å². The van der Waals surface area contributed by atoms with Crippen LogP contribution in [0.3, 0.4) is 0 Å². The van der Waals surface area contributed by atoms with E-state index in [1.54, 1.807) is 6.20 Å². The van der Waals surface area contributed by atoms with Crippen molar-refractivity contribution in [3.05, 3.63) is 40.6 Å². The summed E-state index contributed by atoms with van der Waals surface area (Å²) in [6.07, 6.45) is 4.39. The molecule has 0 fully saturated rings. The van der Waals surface area contributed by atoms with Crippen LogP contribution in [0.5, 0.6) is 5.75 Å². The van der Waals surface area contributed by atoms with Crippen molar-refractivity contribution in [1.82, 2.24) is 15.3 Å². The minimum Gasteiger partial charge on any atom is -0.505 e. The third kappa shape index (κ3) is 2.59. The van der Waals surface area contributed by atoms with Gasteiger partial charge in [0.2, 0.25) is 0 Å². The van der Waals surface area contributed by atoms with Crippen LogP contribution in [0.2, 0.25) is 0 Å². The first-order valence-corrected chi connectivity index (χ1v) is 5.89. The molecule has 2 aromatic heterocycles. The standard InChI is InChI=1S/C11H11N3O2S/c1-7(11-13-4-5-17-11)14-10(16)8-2-3-12-6-9(8)15/h2-7,15H,1H3,(H,14,16). The molecule has 5 nitrogen and oxygen atoms in total. The van der Waals surface area contributed by atoms with E-state index in [0.29, 0.717) is 0 Å². The highest BCUT2D eigenvalue weighted by Crippen LogP contribution is 2.18.